The average Bonchev–Trinajstić information content (AvgIpc) is 2.19. The molecule has 1 rings (SSSR count). The summed E-state index contributed by atoms with van der Waals surface area (Å²) in [6.07, 6.45) is 5.81. The Morgan fingerprint density at radius 3 is 2.93 bits per heavy atom. The minimum atomic E-state index is -0.0290. The van der Waals surface area contributed by atoms with E-state index in [1.807, 2.05) is 25.1 Å². The van der Waals surface area contributed by atoms with E-state index in [9.17, 15) is 0 Å². The van der Waals surface area contributed by atoms with Crippen LogP contribution in [0.15, 0.2) is 18.2 Å². The molecule has 0 aliphatic heterocycles. The summed E-state index contributed by atoms with van der Waals surface area (Å²) in [5.41, 5.74) is 4.76. The minimum Gasteiger partial charge on any atom is -0.271 e. The Bertz CT molecular complexity index is 355. The van der Waals surface area contributed by atoms with Crippen molar-refractivity contribution in [2.45, 2.75) is 19.4 Å². The van der Waals surface area contributed by atoms with Gasteiger partial charge in [0.2, 0.25) is 0 Å². The molecule has 0 aliphatic carbocycles. The molecule has 0 aliphatic rings. The number of terminal acetylenes is 1. The summed E-state index contributed by atoms with van der Waals surface area (Å²) in [7, 11) is 0. The van der Waals surface area contributed by atoms with E-state index in [-0.39, 0.29) is 6.04 Å². The lowest BCUT2D eigenvalue weighted by atomic mass is 9.99. The van der Waals surface area contributed by atoms with E-state index in [1.165, 1.54) is 0 Å². The third kappa shape index (κ3) is 2.27. The van der Waals surface area contributed by atoms with Gasteiger partial charge in [-0.2, -0.15) is 0 Å². The number of hydrogen-bond acceptors (Lipinski definition) is 2. The van der Waals surface area contributed by atoms with Gasteiger partial charge in [0.15, 0.2) is 0 Å². The van der Waals surface area contributed by atoms with E-state index in [1.54, 1.807) is 0 Å². The van der Waals surface area contributed by atoms with Crippen molar-refractivity contribution in [1.82, 2.24) is 5.43 Å². The molecule has 14 heavy (non-hydrogen) atoms. The van der Waals surface area contributed by atoms with Gasteiger partial charge in [-0.25, -0.2) is 0 Å². The molecule has 0 amide bonds. The van der Waals surface area contributed by atoms with Gasteiger partial charge in [-0.15, -0.1) is 12.3 Å². The summed E-state index contributed by atoms with van der Waals surface area (Å²) in [6, 6.07) is 5.69. The highest BCUT2D eigenvalue weighted by Gasteiger charge is 2.11. The fourth-order valence-electron chi connectivity index (χ4n) is 1.38. The predicted octanol–water partition coefficient (Wildman–Crippen LogP) is 2.18. The minimum absolute atomic E-state index is 0.0290. The second-order valence-electron chi connectivity index (χ2n) is 3.08. The van der Waals surface area contributed by atoms with Crippen molar-refractivity contribution in [3.05, 3.63) is 34.3 Å². The van der Waals surface area contributed by atoms with Crippen LogP contribution in [0, 0.1) is 19.3 Å². The summed E-state index contributed by atoms with van der Waals surface area (Å²) in [5, 5.41) is 0.736. The maximum Gasteiger partial charge on any atom is 0.0572 e. The van der Waals surface area contributed by atoms with E-state index in [0.29, 0.717) is 6.42 Å². The van der Waals surface area contributed by atoms with Crippen molar-refractivity contribution in [2.24, 2.45) is 5.84 Å². The zero-order chi connectivity index (χ0) is 10.6. The first-order chi connectivity index (χ1) is 6.70. The Balaban J connectivity index is 3.05. The molecule has 1 aromatic carbocycles. The van der Waals surface area contributed by atoms with Gasteiger partial charge in [-0.3, -0.25) is 11.3 Å². The van der Waals surface area contributed by atoms with Crippen molar-refractivity contribution < 1.29 is 0 Å². The predicted molar refractivity (Wildman–Crippen MR) is 59.7 cm³/mol. The smallest absolute Gasteiger partial charge is 0.0572 e. The van der Waals surface area contributed by atoms with Gasteiger partial charge < -0.3 is 0 Å². The standard InChI is InChI=1S/C11H13ClN2/c1-3-5-11(14-13)9-6-4-7-10(12)8(9)2/h1,4,6-7,11,14H,5,13H2,2H3. The normalized spacial score (nSPS) is 12.1. The molecule has 0 saturated heterocycles. The van der Waals surface area contributed by atoms with Crippen molar-refractivity contribution in [2.75, 3.05) is 0 Å². The summed E-state index contributed by atoms with van der Waals surface area (Å²) >= 11 is 5.99. The lowest BCUT2D eigenvalue weighted by Crippen LogP contribution is -2.28. The first-order valence-electron chi connectivity index (χ1n) is 4.35. The first kappa shape index (κ1) is 11.1. The fraction of sp³-hybridized carbons (Fsp3) is 0.273. The lowest BCUT2D eigenvalue weighted by molar-refractivity contribution is 0.565. The number of halogens is 1. The molecule has 0 radical (unpaired) electrons. The summed E-state index contributed by atoms with van der Waals surface area (Å²) in [4.78, 5) is 0. The molecule has 1 aromatic rings. The van der Waals surface area contributed by atoms with Crippen LogP contribution in [0.3, 0.4) is 0 Å². The zero-order valence-electron chi connectivity index (χ0n) is 8.05. The highest BCUT2D eigenvalue weighted by Crippen LogP contribution is 2.25. The molecule has 1 unspecified atom stereocenters. The van der Waals surface area contributed by atoms with Gasteiger partial charge in [0.1, 0.15) is 0 Å². The van der Waals surface area contributed by atoms with Crippen LogP contribution in [0.25, 0.3) is 0 Å². The van der Waals surface area contributed by atoms with Crippen LogP contribution in [-0.2, 0) is 0 Å². The van der Waals surface area contributed by atoms with Crippen molar-refractivity contribution in [1.29, 1.82) is 0 Å². The number of nitrogens with one attached hydrogen (secondary N) is 1. The summed E-state index contributed by atoms with van der Waals surface area (Å²) in [5.74, 6) is 8.00. The zero-order valence-corrected chi connectivity index (χ0v) is 8.81. The lowest BCUT2D eigenvalue weighted by Gasteiger charge is -2.16. The largest absolute Gasteiger partial charge is 0.271 e. The third-order valence-corrected chi connectivity index (χ3v) is 2.62. The van der Waals surface area contributed by atoms with Crippen molar-refractivity contribution in [3.63, 3.8) is 0 Å². The van der Waals surface area contributed by atoms with Gasteiger partial charge >= 0.3 is 0 Å². The number of nitrogens with two attached hydrogens (primary N) is 1. The van der Waals surface area contributed by atoms with Crippen LogP contribution in [0.4, 0.5) is 0 Å². The monoisotopic (exact) mass is 208 g/mol. The maximum absolute atomic E-state index is 5.99. The molecule has 0 fully saturated rings. The summed E-state index contributed by atoms with van der Waals surface area (Å²) in [6.45, 7) is 1.96. The van der Waals surface area contributed by atoms with Crippen LogP contribution in [0.2, 0.25) is 5.02 Å². The van der Waals surface area contributed by atoms with Crippen molar-refractivity contribution in [3.8, 4) is 12.3 Å². The van der Waals surface area contributed by atoms with Crippen LogP contribution in [-0.4, -0.2) is 0 Å². The Kier molecular flexibility index (Phi) is 3.97. The van der Waals surface area contributed by atoms with Gasteiger partial charge in [0, 0.05) is 11.4 Å². The van der Waals surface area contributed by atoms with Gasteiger partial charge in [0.05, 0.1) is 6.04 Å². The van der Waals surface area contributed by atoms with E-state index in [0.717, 1.165) is 16.1 Å². The highest BCUT2D eigenvalue weighted by molar-refractivity contribution is 6.31. The third-order valence-electron chi connectivity index (χ3n) is 2.21. The SMILES string of the molecule is C#CCC(NN)c1cccc(Cl)c1C. The van der Waals surface area contributed by atoms with Crippen LogP contribution in [0.5, 0.6) is 0 Å². The van der Waals surface area contributed by atoms with Crippen molar-refractivity contribution >= 4 is 11.6 Å². The number of rotatable bonds is 3. The Labute approximate surface area is 89.4 Å². The van der Waals surface area contributed by atoms with Crippen LogP contribution < -0.4 is 11.3 Å². The highest BCUT2D eigenvalue weighted by atomic mass is 35.5. The summed E-state index contributed by atoms with van der Waals surface area (Å²) < 4.78 is 0. The average molecular weight is 209 g/mol. The molecule has 0 heterocycles. The molecule has 0 saturated carbocycles. The fourth-order valence-corrected chi connectivity index (χ4v) is 1.56. The molecular weight excluding hydrogens is 196 g/mol. The quantitative estimate of drug-likeness (QED) is 0.454. The molecular formula is C11H13ClN2. The Hall–Kier alpha value is -1.01. The molecule has 3 N–H and O–H groups in total. The molecule has 0 aromatic heterocycles. The van der Waals surface area contributed by atoms with E-state index in [4.69, 9.17) is 23.9 Å². The van der Waals surface area contributed by atoms with Gasteiger partial charge in [-0.1, -0.05) is 23.7 Å². The Morgan fingerprint density at radius 2 is 2.36 bits per heavy atom. The molecule has 0 spiro atoms. The molecule has 74 valence electrons. The van der Waals surface area contributed by atoms with Gasteiger partial charge in [0.25, 0.3) is 0 Å². The number of benzene rings is 1. The topological polar surface area (TPSA) is 38.0 Å². The number of hydrogen-bond donors (Lipinski definition) is 2. The van der Waals surface area contributed by atoms with Gasteiger partial charge in [-0.05, 0) is 24.1 Å². The van der Waals surface area contributed by atoms with E-state index in [2.05, 4.69) is 11.3 Å². The van der Waals surface area contributed by atoms with Crippen LogP contribution in [0.1, 0.15) is 23.6 Å². The second kappa shape index (κ2) is 5.02. The van der Waals surface area contributed by atoms with E-state index >= 15 is 0 Å². The molecule has 0 bridgehead atoms. The van der Waals surface area contributed by atoms with E-state index < -0.39 is 0 Å². The molecule has 2 nitrogen and oxygen atoms in total. The first-order valence-corrected chi connectivity index (χ1v) is 4.73. The molecule has 1 atom stereocenters. The number of hydrazine groups is 1. The second-order valence-corrected chi connectivity index (χ2v) is 3.49. The molecule has 3 heteroatoms. The Morgan fingerprint density at radius 1 is 1.64 bits per heavy atom. The van der Waals surface area contributed by atoms with Crippen LogP contribution >= 0.6 is 11.6 Å². The maximum atomic E-state index is 5.99.